The van der Waals surface area contributed by atoms with E-state index in [4.69, 9.17) is 9.84 Å². The molecule has 0 radical (unpaired) electrons. The van der Waals surface area contributed by atoms with Crippen LogP contribution in [-0.2, 0) is 11.2 Å². The lowest BCUT2D eigenvalue weighted by Gasteiger charge is -2.12. The van der Waals surface area contributed by atoms with Crippen LogP contribution in [0.2, 0.25) is 0 Å². The number of aryl methyl sites for hydroxylation is 3. The maximum Gasteiger partial charge on any atom is 0.311 e. The van der Waals surface area contributed by atoms with Crippen LogP contribution >= 0.6 is 0 Å². The standard InChI is InChI=1S/C28H28N2O3/c1-18-8-12-24(13-9-18)30-26(22-11-10-20(3)27(15-22)33-4)17-23(29-30)16-25(28(31)32)21-7-5-6-19(2)14-21/h5-15,17,25H,16H2,1-4H3,(H,31,32). The van der Waals surface area contributed by atoms with E-state index in [1.807, 2.05) is 98.2 Å². The van der Waals surface area contributed by atoms with E-state index in [0.717, 1.165) is 50.6 Å². The molecule has 1 aromatic heterocycles. The molecule has 4 aromatic rings. The highest BCUT2D eigenvalue weighted by Gasteiger charge is 2.23. The molecular formula is C28H28N2O3. The van der Waals surface area contributed by atoms with E-state index < -0.39 is 11.9 Å². The van der Waals surface area contributed by atoms with E-state index in [0.29, 0.717) is 6.42 Å². The molecule has 0 saturated heterocycles. The summed E-state index contributed by atoms with van der Waals surface area (Å²) in [5.41, 5.74) is 7.52. The Balaban J connectivity index is 1.80. The lowest BCUT2D eigenvalue weighted by Crippen LogP contribution is -2.15. The molecule has 0 spiro atoms. The van der Waals surface area contributed by atoms with Gasteiger partial charge in [-0.3, -0.25) is 4.79 Å². The van der Waals surface area contributed by atoms with Gasteiger partial charge in [0.25, 0.3) is 0 Å². The smallest absolute Gasteiger partial charge is 0.311 e. The first kappa shape index (κ1) is 22.3. The number of nitrogens with zero attached hydrogens (tertiary/aromatic N) is 2. The van der Waals surface area contributed by atoms with E-state index in [-0.39, 0.29) is 0 Å². The van der Waals surface area contributed by atoms with E-state index in [1.165, 1.54) is 0 Å². The number of hydrogen-bond donors (Lipinski definition) is 1. The second kappa shape index (κ2) is 9.33. The van der Waals surface area contributed by atoms with Crippen LogP contribution in [0.25, 0.3) is 16.9 Å². The Bertz CT molecular complexity index is 1290. The van der Waals surface area contributed by atoms with Gasteiger partial charge in [-0.05, 0) is 56.2 Å². The van der Waals surface area contributed by atoms with Crippen molar-refractivity contribution in [2.24, 2.45) is 0 Å². The number of ether oxygens (including phenoxy) is 1. The Hall–Kier alpha value is -3.86. The predicted molar refractivity (Wildman–Crippen MR) is 130 cm³/mol. The van der Waals surface area contributed by atoms with Crippen LogP contribution in [0.3, 0.4) is 0 Å². The van der Waals surface area contributed by atoms with Crippen LogP contribution in [0, 0.1) is 20.8 Å². The fourth-order valence-electron chi connectivity index (χ4n) is 4.04. The average Bonchev–Trinajstić information content (AvgIpc) is 3.22. The number of rotatable bonds is 7. The quantitative estimate of drug-likeness (QED) is 0.389. The molecule has 0 bridgehead atoms. The normalized spacial score (nSPS) is 11.9. The molecule has 0 aliphatic heterocycles. The molecule has 4 rings (SSSR count). The van der Waals surface area contributed by atoms with Crippen LogP contribution in [0.5, 0.6) is 5.75 Å². The molecule has 33 heavy (non-hydrogen) atoms. The summed E-state index contributed by atoms with van der Waals surface area (Å²) in [5, 5.41) is 14.8. The molecular weight excluding hydrogens is 412 g/mol. The van der Waals surface area contributed by atoms with Gasteiger partial charge in [0, 0.05) is 12.0 Å². The summed E-state index contributed by atoms with van der Waals surface area (Å²) in [7, 11) is 1.66. The fourth-order valence-corrected chi connectivity index (χ4v) is 4.04. The Morgan fingerprint density at radius 3 is 2.39 bits per heavy atom. The molecule has 0 aliphatic rings. The first-order valence-electron chi connectivity index (χ1n) is 11.0. The Morgan fingerprint density at radius 1 is 0.970 bits per heavy atom. The zero-order valence-electron chi connectivity index (χ0n) is 19.4. The molecule has 0 aliphatic carbocycles. The summed E-state index contributed by atoms with van der Waals surface area (Å²) in [6.45, 7) is 6.02. The van der Waals surface area contributed by atoms with Gasteiger partial charge in [0.05, 0.1) is 30.1 Å². The van der Waals surface area contributed by atoms with Crippen molar-refractivity contribution in [2.75, 3.05) is 7.11 Å². The van der Waals surface area contributed by atoms with Crippen molar-refractivity contribution in [1.29, 1.82) is 0 Å². The largest absolute Gasteiger partial charge is 0.496 e. The molecule has 5 heteroatoms. The van der Waals surface area contributed by atoms with Gasteiger partial charge in [0.2, 0.25) is 0 Å². The first-order chi connectivity index (χ1) is 15.9. The van der Waals surface area contributed by atoms with Crippen molar-refractivity contribution >= 4 is 5.97 Å². The molecule has 1 unspecified atom stereocenters. The van der Waals surface area contributed by atoms with Gasteiger partial charge in [-0.15, -0.1) is 0 Å². The first-order valence-corrected chi connectivity index (χ1v) is 11.0. The number of benzene rings is 3. The van der Waals surface area contributed by atoms with Crippen LogP contribution in [0.15, 0.2) is 72.8 Å². The highest BCUT2D eigenvalue weighted by atomic mass is 16.5. The molecule has 1 heterocycles. The fraction of sp³-hybridized carbons (Fsp3) is 0.214. The van der Waals surface area contributed by atoms with Gasteiger partial charge in [-0.2, -0.15) is 5.10 Å². The Kier molecular flexibility index (Phi) is 6.31. The van der Waals surface area contributed by atoms with Crippen molar-refractivity contribution < 1.29 is 14.6 Å². The predicted octanol–water partition coefficient (Wildman–Crippen LogP) is 5.88. The van der Waals surface area contributed by atoms with Gasteiger partial charge in [-0.1, -0.05) is 59.7 Å². The minimum Gasteiger partial charge on any atom is -0.496 e. The number of carboxylic acid groups (broad SMARTS) is 1. The molecule has 0 amide bonds. The number of methoxy groups -OCH3 is 1. The summed E-state index contributed by atoms with van der Waals surface area (Å²) >= 11 is 0. The summed E-state index contributed by atoms with van der Waals surface area (Å²) in [6, 6.07) is 23.8. The lowest BCUT2D eigenvalue weighted by molar-refractivity contribution is -0.138. The minimum atomic E-state index is -0.857. The maximum absolute atomic E-state index is 12.2. The van der Waals surface area contributed by atoms with E-state index in [2.05, 4.69) is 0 Å². The zero-order valence-corrected chi connectivity index (χ0v) is 19.4. The number of carboxylic acids is 1. The molecule has 3 aromatic carbocycles. The van der Waals surface area contributed by atoms with Crippen molar-refractivity contribution in [3.8, 4) is 22.7 Å². The summed E-state index contributed by atoms with van der Waals surface area (Å²) in [6.07, 6.45) is 0.299. The van der Waals surface area contributed by atoms with Gasteiger partial charge in [0.1, 0.15) is 5.75 Å². The number of aromatic nitrogens is 2. The molecule has 1 N–H and O–H groups in total. The van der Waals surface area contributed by atoms with Crippen LogP contribution in [0.4, 0.5) is 0 Å². The van der Waals surface area contributed by atoms with Gasteiger partial charge in [0.15, 0.2) is 0 Å². The SMILES string of the molecule is COc1cc(-c2cc(CC(C(=O)O)c3cccc(C)c3)nn2-c2ccc(C)cc2)ccc1C. The van der Waals surface area contributed by atoms with Crippen LogP contribution in [0.1, 0.15) is 33.9 Å². The summed E-state index contributed by atoms with van der Waals surface area (Å²) in [5.74, 6) is -0.732. The van der Waals surface area contributed by atoms with E-state index in [1.54, 1.807) is 7.11 Å². The lowest BCUT2D eigenvalue weighted by atomic mass is 9.93. The highest BCUT2D eigenvalue weighted by molar-refractivity contribution is 5.76. The average molecular weight is 441 g/mol. The molecule has 0 saturated carbocycles. The number of hydrogen-bond acceptors (Lipinski definition) is 3. The number of carbonyl (C=O) groups is 1. The van der Waals surface area contributed by atoms with Crippen molar-refractivity contribution in [2.45, 2.75) is 33.1 Å². The molecule has 168 valence electrons. The third-order valence-corrected chi connectivity index (χ3v) is 5.90. The Morgan fingerprint density at radius 2 is 1.73 bits per heavy atom. The Labute approximate surface area is 194 Å². The van der Waals surface area contributed by atoms with Gasteiger partial charge >= 0.3 is 5.97 Å². The molecule has 1 atom stereocenters. The summed E-state index contributed by atoms with van der Waals surface area (Å²) < 4.78 is 7.42. The third kappa shape index (κ3) is 4.82. The third-order valence-electron chi connectivity index (χ3n) is 5.90. The van der Waals surface area contributed by atoms with Gasteiger partial charge < -0.3 is 9.84 Å². The van der Waals surface area contributed by atoms with Crippen molar-refractivity contribution in [1.82, 2.24) is 9.78 Å². The van der Waals surface area contributed by atoms with Crippen molar-refractivity contribution in [3.05, 3.63) is 101 Å². The second-order valence-corrected chi connectivity index (χ2v) is 8.46. The minimum absolute atomic E-state index is 0.299. The van der Waals surface area contributed by atoms with Gasteiger partial charge in [-0.25, -0.2) is 4.68 Å². The van der Waals surface area contributed by atoms with Crippen LogP contribution in [-0.4, -0.2) is 28.0 Å². The summed E-state index contributed by atoms with van der Waals surface area (Å²) in [4.78, 5) is 12.2. The zero-order chi connectivity index (χ0) is 23.5. The van der Waals surface area contributed by atoms with Crippen LogP contribution < -0.4 is 4.74 Å². The number of aliphatic carboxylic acids is 1. The topological polar surface area (TPSA) is 64.3 Å². The maximum atomic E-state index is 12.2. The van der Waals surface area contributed by atoms with E-state index in [9.17, 15) is 9.90 Å². The second-order valence-electron chi connectivity index (χ2n) is 8.46. The monoisotopic (exact) mass is 440 g/mol. The highest BCUT2D eigenvalue weighted by Crippen LogP contribution is 2.31. The molecule has 5 nitrogen and oxygen atoms in total. The van der Waals surface area contributed by atoms with E-state index >= 15 is 0 Å². The van der Waals surface area contributed by atoms with Crippen molar-refractivity contribution in [3.63, 3.8) is 0 Å². The molecule has 0 fully saturated rings.